The molecule has 5 nitrogen and oxygen atoms in total. The van der Waals surface area contributed by atoms with E-state index in [1.54, 1.807) is 0 Å². The van der Waals surface area contributed by atoms with E-state index in [9.17, 15) is 0 Å². The summed E-state index contributed by atoms with van der Waals surface area (Å²) in [6.07, 6.45) is 4.81. The van der Waals surface area contributed by atoms with Crippen LogP contribution in [0.25, 0.3) is 10.9 Å². The Labute approximate surface area is 201 Å². The molecule has 0 bridgehead atoms. The standard InChI is InChI=1S/C24H29Br2N5/c1-3-31(4-2)20-11-9-18(10-12-20)27-23-21-7-5-6-8-22(21)29-24(30-23)28-19-14-16(25)13-17(26)15-19/h5-8,13-15,18,20H,3-4,9-12H2,1-2H3,(H2,27,28,29,30). The van der Waals surface area contributed by atoms with Crippen molar-refractivity contribution in [1.82, 2.24) is 14.9 Å². The van der Waals surface area contributed by atoms with Crippen LogP contribution in [-0.2, 0) is 0 Å². The first-order valence-corrected chi connectivity index (χ1v) is 12.6. The van der Waals surface area contributed by atoms with Crippen LogP contribution in [0.1, 0.15) is 39.5 Å². The molecule has 1 fully saturated rings. The molecule has 4 rings (SSSR count). The fraction of sp³-hybridized carbons (Fsp3) is 0.417. The number of fused-ring (bicyclic) bond motifs is 1. The van der Waals surface area contributed by atoms with Gasteiger partial charge in [0.2, 0.25) is 5.95 Å². The van der Waals surface area contributed by atoms with Gasteiger partial charge in [-0.3, -0.25) is 0 Å². The molecule has 164 valence electrons. The van der Waals surface area contributed by atoms with E-state index in [0.29, 0.717) is 18.0 Å². The maximum Gasteiger partial charge on any atom is 0.229 e. The van der Waals surface area contributed by atoms with Gasteiger partial charge in [-0.1, -0.05) is 57.8 Å². The number of rotatable bonds is 7. The molecular formula is C24H29Br2N5. The maximum atomic E-state index is 4.86. The van der Waals surface area contributed by atoms with E-state index in [1.165, 1.54) is 25.7 Å². The van der Waals surface area contributed by atoms with Crippen LogP contribution in [0.15, 0.2) is 51.4 Å². The van der Waals surface area contributed by atoms with Crippen LogP contribution in [0.4, 0.5) is 17.5 Å². The molecule has 7 heteroatoms. The predicted molar refractivity (Wildman–Crippen MR) is 137 cm³/mol. The summed E-state index contributed by atoms with van der Waals surface area (Å²) < 4.78 is 1.99. The van der Waals surface area contributed by atoms with E-state index >= 15 is 0 Å². The number of para-hydroxylation sites is 1. The smallest absolute Gasteiger partial charge is 0.229 e. The number of benzene rings is 2. The molecule has 1 aromatic heterocycles. The average molecular weight is 547 g/mol. The fourth-order valence-corrected chi connectivity index (χ4v) is 5.81. The normalized spacial score (nSPS) is 19.0. The van der Waals surface area contributed by atoms with Crippen molar-refractivity contribution in [2.24, 2.45) is 0 Å². The number of aromatic nitrogens is 2. The average Bonchev–Trinajstić information content (AvgIpc) is 2.75. The van der Waals surface area contributed by atoms with Crippen molar-refractivity contribution in [3.05, 3.63) is 51.4 Å². The summed E-state index contributed by atoms with van der Waals surface area (Å²) in [6.45, 7) is 6.80. The second kappa shape index (κ2) is 10.3. The van der Waals surface area contributed by atoms with Gasteiger partial charge in [-0.25, -0.2) is 4.98 Å². The van der Waals surface area contributed by atoms with Crippen molar-refractivity contribution in [2.45, 2.75) is 51.6 Å². The zero-order valence-corrected chi connectivity index (χ0v) is 21.2. The molecule has 0 unspecified atom stereocenters. The van der Waals surface area contributed by atoms with Gasteiger partial charge < -0.3 is 15.5 Å². The summed E-state index contributed by atoms with van der Waals surface area (Å²) in [4.78, 5) is 12.2. The Hall–Kier alpha value is -1.70. The zero-order valence-electron chi connectivity index (χ0n) is 18.0. The van der Waals surface area contributed by atoms with E-state index in [1.807, 2.05) is 36.4 Å². The Bertz CT molecular complexity index is 1010. The number of hydrogen-bond donors (Lipinski definition) is 2. The van der Waals surface area contributed by atoms with E-state index in [2.05, 4.69) is 67.3 Å². The Kier molecular flexibility index (Phi) is 7.46. The minimum Gasteiger partial charge on any atom is -0.367 e. The SMILES string of the molecule is CCN(CC)C1CCC(Nc2nc(Nc3cc(Br)cc(Br)c3)nc3ccccc23)CC1. The lowest BCUT2D eigenvalue weighted by Crippen LogP contribution is -2.40. The second-order valence-corrected chi connectivity index (χ2v) is 9.90. The van der Waals surface area contributed by atoms with Gasteiger partial charge in [0.1, 0.15) is 5.82 Å². The molecule has 3 aromatic rings. The Morgan fingerprint density at radius 2 is 1.61 bits per heavy atom. The van der Waals surface area contributed by atoms with E-state index in [-0.39, 0.29) is 0 Å². The molecule has 2 N–H and O–H groups in total. The van der Waals surface area contributed by atoms with E-state index < -0.39 is 0 Å². The van der Waals surface area contributed by atoms with Gasteiger partial charge in [-0.2, -0.15) is 4.98 Å². The van der Waals surface area contributed by atoms with Crippen LogP contribution >= 0.6 is 31.9 Å². The van der Waals surface area contributed by atoms with Crippen molar-refractivity contribution in [1.29, 1.82) is 0 Å². The minimum atomic E-state index is 0.443. The van der Waals surface area contributed by atoms with Crippen LogP contribution in [0, 0.1) is 0 Å². The Morgan fingerprint density at radius 3 is 2.29 bits per heavy atom. The van der Waals surface area contributed by atoms with Gasteiger partial charge >= 0.3 is 0 Å². The molecule has 31 heavy (non-hydrogen) atoms. The summed E-state index contributed by atoms with van der Waals surface area (Å²) in [7, 11) is 0. The van der Waals surface area contributed by atoms with Crippen LogP contribution in [0.2, 0.25) is 0 Å². The minimum absolute atomic E-state index is 0.443. The number of anilines is 3. The first-order valence-electron chi connectivity index (χ1n) is 11.1. The van der Waals surface area contributed by atoms with Gasteiger partial charge in [-0.15, -0.1) is 0 Å². The third-order valence-electron chi connectivity index (χ3n) is 6.09. The first kappa shape index (κ1) is 22.5. The summed E-state index contributed by atoms with van der Waals surface area (Å²) in [5.74, 6) is 1.51. The quantitative estimate of drug-likeness (QED) is 0.335. The molecule has 1 aliphatic rings. The van der Waals surface area contributed by atoms with Crippen LogP contribution in [-0.4, -0.2) is 40.0 Å². The summed E-state index contributed by atoms with van der Waals surface area (Å²) in [5, 5.41) is 8.17. The highest BCUT2D eigenvalue weighted by Gasteiger charge is 2.25. The predicted octanol–water partition coefficient (Wildman–Crippen LogP) is 6.96. The van der Waals surface area contributed by atoms with Crippen molar-refractivity contribution < 1.29 is 0 Å². The number of nitrogens with one attached hydrogen (secondary N) is 2. The largest absolute Gasteiger partial charge is 0.367 e. The molecule has 1 aliphatic carbocycles. The molecule has 2 aromatic carbocycles. The monoisotopic (exact) mass is 545 g/mol. The lowest BCUT2D eigenvalue weighted by molar-refractivity contribution is 0.167. The number of hydrogen-bond acceptors (Lipinski definition) is 5. The van der Waals surface area contributed by atoms with Gasteiger partial charge in [0.15, 0.2) is 0 Å². The van der Waals surface area contributed by atoms with Crippen molar-refractivity contribution in [2.75, 3.05) is 23.7 Å². The topological polar surface area (TPSA) is 53.1 Å². The van der Waals surface area contributed by atoms with Crippen LogP contribution < -0.4 is 10.6 Å². The van der Waals surface area contributed by atoms with Gasteiger partial charge in [0, 0.05) is 32.1 Å². The number of nitrogens with zero attached hydrogens (tertiary/aromatic N) is 3. The van der Waals surface area contributed by atoms with E-state index in [4.69, 9.17) is 9.97 Å². The van der Waals surface area contributed by atoms with Crippen molar-refractivity contribution in [3.8, 4) is 0 Å². The lowest BCUT2D eigenvalue weighted by Gasteiger charge is -2.36. The molecule has 0 radical (unpaired) electrons. The molecule has 0 atom stereocenters. The van der Waals surface area contributed by atoms with Gasteiger partial charge in [0.05, 0.1) is 5.52 Å². The van der Waals surface area contributed by atoms with Gasteiger partial charge in [0.25, 0.3) is 0 Å². The van der Waals surface area contributed by atoms with Crippen LogP contribution in [0.5, 0.6) is 0 Å². The molecule has 0 amide bonds. The summed E-state index contributed by atoms with van der Waals surface area (Å²) >= 11 is 7.09. The van der Waals surface area contributed by atoms with Crippen LogP contribution in [0.3, 0.4) is 0 Å². The highest BCUT2D eigenvalue weighted by molar-refractivity contribution is 9.11. The molecule has 0 spiro atoms. The third kappa shape index (κ3) is 5.57. The fourth-order valence-electron chi connectivity index (χ4n) is 4.52. The third-order valence-corrected chi connectivity index (χ3v) is 7.00. The molecule has 1 saturated carbocycles. The molecule has 1 heterocycles. The molecule has 0 saturated heterocycles. The van der Waals surface area contributed by atoms with Gasteiger partial charge in [-0.05, 0) is 69.1 Å². The van der Waals surface area contributed by atoms with Crippen molar-refractivity contribution >= 4 is 60.2 Å². The zero-order chi connectivity index (χ0) is 21.8. The molecular weight excluding hydrogens is 518 g/mol. The van der Waals surface area contributed by atoms with Crippen molar-refractivity contribution in [3.63, 3.8) is 0 Å². The highest BCUT2D eigenvalue weighted by Crippen LogP contribution is 2.30. The summed E-state index contributed by atoms with van der Waals surface area (Å²) in [6, 6.07) is 15.4. The second-order valence-electron chi connectivity index (χ2n) is 8.07. The molecule has 0 aliphatic heterocycles. The number of halogens is 2. The Morgan fingerprint density at radius 1 is 0.935 bits per heavy atom. The lowest BCUT2D eigenvalue weighted by atomic mass is 9.90. The first-order chi connectivity index (χ1) is 15.1. The Balaban J connectivity index is 1.54. The highest BCUT2D eigenvalue weighted by atomic mass is 79.9. The maximum absolute atomic E-state index is 4.86. The van der Waals surface area contributed by atoms with E-state index in [0.717, 1.165) is 44.4 Å². The summed E-state index contributed by atoms with van der Waals surface area (Å²) in [5.41, 5.74) is 1.87.